The van der Waals surface area contributed by atoms with Gasteiger partial charge in [-0.3, -0.25) is 0 Å². The molecule has 9 rings (SSSR count). The lowest BCUT2D eigenvalue weighted by Crippen LogP contribution is -1.93. The first-order valence-electron chi connectivity index (χ1n) is 17.0. The smallest absolute Gasteiger partial charge is 0.227 e. The van der Waals surface area contributed by atoms with Gasteiger partial charge in [-0.05, 0) is 100.0 Å². The van der Waals surface area contributed by atoms with Crippen molar-refractivity contribution in [1.82, 2.24) is 9.55 Å². The SMILES string of the molecule is CCCc1ccc2oc(-c3ccc(-c4ccccc4-c4ccccc4-c4ccc5c(c4)c4ccccc4n5-c4ccccc4)cc3)nc2c1. The summed E-state index contributed by atoms with van der Waals surface area (Å²) in [6.07, 6.45) is 2.15. The Hall–Kier alpha value is -6.19. The van der Waals surface area contributed by atoms with E-state index in [2.05, 4.69) is 169 Å². The van der Waals surface area contributed by atoms with Crippen LogP contribution >= 0.6 is 0 Å². The maximum absolute atomic E-state index is 6.16. The van der Waals surface area contributed by atoms with Crippen molar-refractivity contribution in [1.29, 1.82) is 0 Å². The Bertz CT molecular complexity index is 2610. The molecule has 2 aromatic heterocycles. The fourth-order valence-electron chi connectivity index (χ4n) is 7.27. The molecule has 0 fully saturated rings. The Morgan fingerprint density at radius 3 is 1.88 bits per heavy atom. The Morgan fingerprint density at radius 1 is 0.510 bits per heavy atom. The summed E-state index contributed by atoms with van der Waals surface area (Å²) < 4.78 is 8.53. The van der Waals surface area contributed by atoms with E-state index in [-0.39, 0.29) is 0 Å². The number of fused-ring (bicyclic) bond motifs is 4. The predicted molar refractivity (Wildman–Crippen MR) is 204 cm³/mol. The molecule has 0 spiro atoms. The van der Waals surface area contributed by atoms with Gasteiger partial charge in [0.1, 0.15) is 5.52 Å². The van der Waals surface area contributed by atoms with E-state index in [1.807, 2.05) is 6.07 Å². The lowest BCUT2D eigenvalue weighted by atomic mass is 9.89. The molecule has 2 heterocycles. The van der Waals surface area contributed by atoms with Gasteiger partial charge in [-0.1, -0.05) is 123 Å². The van der Waals surface area contributed by atoms with E-state index in [4.69, 9.17) is 9.40 Å². The highest BCUT2D eigenvalue weighted by molar-refractivity contribution is 6.11. The molecule has 3 nitrogen and oxygen atoms in total. The van der Waals surface area contributed by atoms with Crippen molar-refractivity contribution in [2.24, 2.45) is 0 Å². The van der Waals surface area contributed by atoms with Crippen LogP contribution in [0.5, 0.6) is 0 Å². The molecule has 9 aromatic rings. The predicted octanol–water partition coefficient (Wildman–Crippen LogP) is 12.5. The van der Waals surface area contributed by atoms with Crippen molar-refractivity contribution < 1.29 is 4.42 Å². The molecule has 0 unspecified atom stereocenters. The summed E-state index contributed by atoms with van der Waals surface area (Å²) in [5.74, 6) is 0.651. The van der Waals surface area contributed by atoms with Crippen LogP contribution in [0.4, 0.5) is 0 Å². The first-order valence-corrected chi connectivity index (χ1v) is 17.0. The lowest BCUT2D eigenvalue weighted by Gasteiger charge is -2.15. The molecular weight excluding hydrogens is 597 g/mol. The van der Waals surface area contributed by atoms with Gasteiger partial charge in [-0.25, -0.2) is 4.98 Å². The van der Waals surface area contributed by atoms with Crippen molar-refractivity contribution in [2.75, 3.05) is 0 Å². The van der Waals surface area contributed by atoms with Crippen molar-refractivity contribution in [3.05, 3.63) is 169 Å². The third kappa shape index (κ3) is 5.12. The number of nitrogens with zero attached hydrogens (tertiary/aromatic N) is 2. The minimum absolute atomic E-state index is 0.651. The number of rotatable bonds is 7. The number of benzene rings is 7. The van der Waals surface area contributed by atoms with Crippen LogP contribution in [0.1, 0.15) is 18.9 Å². The average Bonchev–Trinajstić information content (AvgIpc) is 3.74. The number of hydrogen-bond acceptors (Lipinski definition) is 2. The van der Waals surface area contributed by atoms with Crippen LogP contribution < -0.4 is 0 Å². The molecule has 0 aliphatic heterocycles. The average molecular weight is 631 g/mol. The minimum atomic E-state index is 0.651. The van der Waals surface area contributed by atoms with Gasteiger partial charge in [-0.15, -0.1) is 0 Å². The van der Waals surface area contributed by atoms with Crippen LogP contribution in [-0.2, 0) is 6.42 Å². The second kappa shape index (κ2) is 12.1. The van der Waals surface area contributed by atoms with E-state index >= 15 is 0 Å². The summed E-state index contributed by atoms with van der Waals surface area (Å²) in [5.41, 5.74) is 14.7. The Morgan fingerprint density at radius 2 is 1.12 bits per heavy atom. The summed E-state index contributed by atoms with van der Waals surface area (Å²) in [5, 5.41) is 2.50. The van der Waals surface area contributed by atoms with E-state index in [0.717, 1.165) is 35.1 Å². The van der Waals surface area contributed by atoms with Crippen LogP contribution in [0.3, 0.4) is 0 Å². The van der Waals surface area contributed by atoms with Gasteiger partial charge in [0, 0.05) is 22.0 Å². The summed E-state index contributed by atoms with van der Waals surface area (Å²) >= 11 is 0. The van der Waals surface area contributed by atoms with Gasteiger partial charge < -0.3 is 8.98 Å². The first kappa shape index (κ1) is 29.0. The normalized spacial score (nSPS) is 11.5. The second-order valence-electron chi connectivity index (χ2n) is 12.7. The number of aryl methyl sites for hydroxylation is 1. The minimum Gasteiger partial charge on any atom is -0.436 e. The number of oxazole rings is 1. The van der Waals surface area contributed by atoms with Crippen molar-refractivity contribution in [2.45, 2.75) is 19.8 Å². The van der Waals surface area contributed by atoms with E-state index in [0.29, 0.717) is 5.89 Å². The summed E-state index contributed by atoms with van der Waals surface area (Å²) in [6, 6.07) is 58.6. The maximum Gasteiger partial charge on any atom is 0.227 e. The van der Waals surface area contributed by atoms with Gasteiger partial charge in [0.15, 0.2) is 5.58 Å². The summed E-state index contributed by atoms with van der Waals surface area (Å²) in [4.78, 5) is 4.83. The largest absolute Gasteiger partial charge is 0.436 e. The molecule has 49 heavy (non-hydrogen) atoms. The molecule has 0 radical (unpaired) electrons. The molecule has 0 N–H and O–H groups in total. The van der Waals surface area contributed by atoms with E-state index in [1.54, 1.807) is 0 Å². The lowest BCUT2D eigenvalue weighted by molar-refractivity contribution is 0.620. The van der Waals surface area contributed by atoms with Crippen molar-refractivity contribution in [3.63, 3.8) is 0 Å². The number of hydrogen-bond donors (Lipinski definition) is 0. The monoisotopic (exact) mass is 630 g/mol. The van der Waals surface area contributed by atoms with Crippen LogP contribution in [0, 0.1) is 0 Å². The van der Waals surface area contributed by atoms with Crippen LogP contribution in [0.25, 0.3) is 83.4 Å². The molecule has 0 saturated heterocycles. The first-order chi connectivity index (χ1) is 24.2. The highest BCUT2D eigenvalue weighted by Gasteiger charge is 2.17. The van der Waals surface area contributed by atoms with E-state index in [9.17, 15) is 0 Å². The molecule has 0 aliphatic carbocycles. The second-order valence-corrected chi connectivity index (χ2v) is 12.7. The molecule has 0 atom stereocenters. The van der Waals surface area contributed by atoms with Crippen LogP contribution in [0.2, 0.25) is 0 Å². The fraction of sp³-hybridized carbons (Fsp3) is 0.0652. The fourth-order valence-corrected chi connectivity index (χ4v) is 7.27. The third-order valence-corrected chi connectivity index (χ3v) is 9.58. The molecule has 0 bridgehead atoms. The zero-order chi connectivity index (χ0) is 32.7. The van der Waals surface area contributed by atoms with Crippen molar-refractivity contribution in [3.8, 4) is 50.5 Å². The third-order valence-electron chi connectivity index (χ3n) is 9.58. The molecule has 3 heteroatoms. The quantitative estimate of drug-likeness (QED) is 0.175. The Balaban J connectivity index is 1.11. The standard InChI is InChI=1S/C46H34N2O/c1-2-12-31-21-28-45-42(29-31)47-46(49-45)33-24-22-32(23-25-33)36-15-6-8-17-38(36)39-18-9-7-16-37(39)34-26-27-44-41(30-34)40-19-10-11-20-43(40)48(44)35-13-4-3-5-14-35/h3-11,13-30H,2,12H2,1H3. The maximum atomic E-state index is 6.16. The topological polar surface area (TPSA) is 31.0 Å². The molecule has 7 aromatic carbocycles. The zero-order valence-electron chi connectivity index (χ0n) is 27.3. The summed E-state index contributed by atoms with van der Waals surface area (Å²) in [7, 11) is 0. The molecule has 0 amide bonds. The zero-order valence-corrected chi connectivity index (χ0v) is 27.3. The number of aromatic nitrogens is 2. The molecule has 0 aliphatic rings. The molecule has 0 saturated carbocycles. The van der Waals surface area contributed by atoms with Crippen LogP contribution in [-0.4, -0.2) is 9.55 Å². The summed E-state index contributed by atoms with van der Waals surface area (Å²) in [6.45, 7) is 2.20. The number of para-hydroxylation sites is 2. The Kier molecular flexibility index (Phi) is 7.17. The van der Waals surface area contributed by atoms with Crippen LogP contribution in [0.15, 0.2) is 168 Å². The highest BCUT2D eigenvalue weighted by Crippen LogP contribution is 2.41. The van der Waals surface area contributed by atoms with Gasteiger partial charge in [0.05, 0.1) is 11.0 Å². The molecule has 234 valence electrons. The van der Waals surface area contributed by atoms with Gasteiger partial charge in [0.2, 0.25) is 5.89 Å². The van der Waals surface area contributed by atoms with E-state index < -0.39 is 0 Å². The van der Waals surface area contributed by atoms with Gasteiger partial charge in [0.25, 0.3) is 0 Å². The highest BCUT2D eigenvalue weighted by atomic mass is 16.3. The van der Waals surface area contributed by atoms with E-state index in [1.165, 1.54) is 60.9 Å². The van der Waals surface area contributed by atoms with Gasteiger partial charge >= 0.3 is 0 Å². The Labute approximate surface area is 285 Å². The van der Waals surface area contributed by atoms with Crippen molar-refractivity contribution >= 4 is 32.9 Å². The van der Waals surface area contributed by atoms with Gasteiger partial charge in [-0.2, -0.15) is 0 Å². The molecular formula is C46H34N2O.